The molecule has 1 aromatic rings. The van der Waals surface area contributed by atoms with Crippen molar-refractivity contribution in [2.24, 2.45) is 0 Å². The third-order valence-corrected chi connectivity index (χ3v) is 3.70. The van der Waals surface area contributed by atoms with Crippen LogP contribution in [0.25, 0.3) is 0 Å². The fraction of sp³-hybridized carbons (Fsp3) is 0.667. The van der Waals surface area contributed by atoms with E-state index in [4.69, 9.17) is 0 Å². The van der Waals surface area contributed by atoms with Gasteiger partial charge in [-0.1, -0.05) is 6.92 Å². The minimum absolute atomic E-state index is 0.0128. The van der Waals surface area contributed by atoms with Gasteiger partial charge < -0.3 is 15.2 Å². The van der Waals surface area contributed by atoms with E-state index in [2.05, 4.69) is 22.5 Å². The molecule has 1 aliphatic heterocycles. The van der Waals surface area contributed by atoms with Crippen LogP contribution in [0.3, 0.4) is 0 Å². The van der Waals surface area contributed by atoms with Crippen molar-refractivity contribution in [2.45, 2.75) is 31.7 Å². The first kappa shape index (κ1) is 12.1. The number of carbonyl (C=O) groups is 1. The maximum Gasteiger partial charge on any atom is 0.242 e. The zero-order valence-electron chi connectivity index (χ0n) is 10.7. The number of nitrogens with zero attached hydrogens (tertiary/aromatic N) is 2. The largest absolute Gasteiger partial charge is 0.357 e. The first-order chi connectivity index (χ1) is 8.08. The molecule has 1 fully saturated rings. The Morgan fingerprint density at radius 3 is 3.06 bits per heavy atom. The standard InChI is InChI=1S/C12H20N4O/c1-9(11(17)13-3)16-8-15-6-10(16)12(2)4-5-14-7-12/h6,8-9,14H,4-5,7H2,1-3H3,(H,13,17). The smallest absolute Gasteiger partial charge is 0.242 e. The van der Waals surface area contributed by atoms with Gasteiger partial charge in [0.25, 0.3) is 0 Å². The zero-order valence-corrected chi connectivity index (χ0v) is 10.7. The summed E-state index contributed by atoms with van der Waals surface area (Å²) in [6.45, 7) is 6.09. The van der Waals surface area contributed by atoms with Crippen LogP contribution >= 0.6 is 0 Å². The number of carbonyl (C=O) groups excluding carboxylic acids is 1. The summed E-state index contributed by atoms with van der Waals surface area (Å²) < 4.78 is 1.98. The van der Waals surface area contributed by atoms with Crippen molar-refractivity contribution in [3.05, 3.63) is 18.2 Å². The molecule has 0 aliphatic carbocycles. The summed E-state index contributed by atoms with van der Waals surface area (Å²) in [5, 5.41) is 6.05. The van der Waals surface area contributed by atoms with Gasteiger partial charge >= 0.3 is 0 Å². The van der Waals surface area contributed by atoms with Gasteiger partial charge in [-0.3, -0.25) is 4.79 Å². The van der Waals surface area contributed by atoms with Crippen molar-refractivity contribution in [3.8, 4) is 0 Å². The highest BCUT2D eigenvalue weighted by atomic mass is 16.2. The molecule has 1 aromatic heterocycles. The average Bonchev–Trinajstić information content (AvgIpc) is 2.96. The van der Waals surface area contributed by atoms with Gasteiger partial charge in [-0.15, -0.1) is 0 Å². The van der Waals surface area contributed by atoms with E-state index >= 15 is 0 Å². The number of aromatic nitrogens is 2. The molecule has 5 heteroatoms. The second-order valence-electron chi connectivity index (χ2n) is 4.96. The van der Waals surface area contributed by atoms with E-state index in [0.29, 0.717) is 0 Å². The molecule has 17 heavy (non-hydrogen) atoms. The minimum atomic E-state index is -0.213. The first-order valence-electron chi connectivity index (χ1n) is 6.03. The van der Waals surface area contributed by atoms with Crippen molar-refractivity contribution < 1.29 is 4.79 Å². The molecular weight excluding hydrogens is 216 g/mol. The summed E-state index contributed by atoms with van der Waals surface area (Å²) in [6.07, 6.45) is 4.71. The van der Waals surface area contributed by atoms with Gasteiger partial charge in [0.05, 0.1) is 6.33 Å². The number of likely N-dealkylation sites (N-methyl/N-ethyl adjacent to an activating group) is 1. The van der Waals surface area contributed by atoms with Crippen molar-refractivity contribution in [1.82, 2.24) is 20.2 Å². The normalized spacial score (nSPS) is 25.8. The molecule has 0 spiro atoms. The molecule has 1 aliphatic rings. The highest BCUT2D eigenvalue weighted by molar-refractivity contribution is 5.79. The van der Waals surface area contributed by atoms with Gasteiger partial charge in [0.2, 0.25) is 5.91 Å². The predicted octanol–water partition coefficient (Wildman–Crippen LogP) is 0.441. The molecule has 1 amide bonds. The molecule has 2 rings (SSSR count). The van der Waals surface area contributed by atoms with Crippen molar-refractivity contribution in [2.75, 3.05) is 20.1 Å². The maximum atomic E-state index is 11.7. The Balaban J connectivity index is 2.31. The van der Waals surface area contributed by atoms with Crippen LogP contribution in [0.5, 0.6) is 0 Å². The average molecular weight is 236 g/mol. The highest BCUT2D eigenvalue weighted by Gasteiger charge is 2.34. The molecule has 2 atom stereocenters. The van der Waals surface area contributed by atoms with E-state index < -0.39 is 0 Å². The first-order valence-corrected chi connectivity index (χ1v) is 6.03. The molecule has 94 valence electrons. The Morgan fingerprint density at radius 2 is 2.47 bits per heavy atom. The molecule has 2 unspecified atom stereocenters. The molecule has 1 saturated heterocycles. The number of hydrogen-bond acceptors (Lipinski definition) is 3. The van der Waals surface area contributed by atoms with Gasteiger partial charge in [-0.05, 0) is 19.9 Å². The van der Waals surface area contributed by atoms with Crippen molar-refractivity contribution in [1.29, 1.82) is 0 Å². The van der Waals surface area contributed by atoms with Crippen LogP contribution in [-0.4, -0.2) is 35.6 Å². The Kier molecular flexibility index (Phi) is 3.19. The third kappa shape index (κ3) is 2.07. The van der Waals surface area contributed by atoms with Crippen LogP contribution in [0.1, 0.15) is 32.0 Å². The summed E-state index contributed by atoms with van der Waals surface area (Å²) in [4.78, 5) is 15.9. The van der Waals surface area contributed by atoms with Gasteiger partial charge in [-0.25, -0.2) is 4.98 Å². The molecule has 2 N–H and O–H groups in total. The lowest BCUT2D eigenvalue weighted by atomic mass is 9.86. The number of amides is 1. The Morgan fingerprint density at radius 1 is 1.71 bits per heavy atom. The molecule has 0 aromatic carbocycles. The van der Waals surface area contributed by atoms with Crippen LogP contribution in [0.2, 0.25) is 0 Å². The molecule has 2 heterocycles. The quantitative estimate of drug-likeness (QED) is 0.800. The van der Waals surface area contributed by atoms with Gasteiger partial charge in [0, 0.05) is 30.9 Å². The summed E-state index contributed by atoms with van der Waals surface area (Å²) in [5.41, 5.74) is 1.22. The van der Waals surface area contributed by atoms with Gasteiger partial charge in [0.1, 0.15) is 6.04 Å². The Bertz CT molecular complexity index is 406. The summed E-state index contributed by atoms with van der Waals surface area (Å²) >= 11 is 0. The van der Waals surface area contributed by atoms with E-state index in [1.54, 1.807) is 13.4 Å². The molecule has 5 nitrogen and oxygen atoms in total. The summed E-state index contributed by atoms with van der Waals surface area (Å²) in [7, 11) is 1.66. The molecule has 0 saturated carbocycles. The fourth-order valence-electron chi connectivity index (χ4n) is 2.45. The lowest BCUT2D eigenvalue weighted by Crippen LogP contribution is -2.33. The lowest BCUT2D eigenvalue weighted by molar-refractivity contribution is -0.123. The van der Waals surface area contributed by atoms with E-state index in [1.807, 2.05) is 17.7 Å². The summed E-state index contributed by atoms with van der Waals surface area (Å²) in [5.74, 6) is 0.0128. The van der Waals surface area contributed by atoms with Crippen molar-refractivity contribution in [3.63, 3.8) is 0 Å². The third-order valence-electron chi connectivity index (χ3n) is 3.70. The van der Waals surface area contributed by atoms with E-state index in [1.165, 1.54) is 0 Å². The zero-order chi connectivity index (χ0) is 12.5. The van der Waals surface area contributed by atoms with Gasteiger partial charge in [0.15, 0.2) is 0 Å². The van der Waals surface area contributed by atoms with Crippen LogP contribution in [0.4, 0.5) is 0 Å². The second kappa shape index (κ2) is 4.49. The number of hydrogen-bond donors (Lipinski definition) is 2. The Labute approximate surface area is 102 Å². The predicted molar refractivity (Wildman–Crippen MR) is 65.8 cm³/mol. The van der Waals surface area contributed by atoms with E-state index in [0.717, 1.165) is 25.2 Å². The van der Waals surface area contributed by atoms with Gasteiger partial charge in [-0.2, -0.15) is 0 Å². The van der Waals surface area contributed by atoms with Crippen LogP contribution in [0.15, 0.2) is 12.5 Å². The van der Waals surface area contributed by atoms with Crippen LogP contribution in [-0.2, 0) is 10.2 Å². The van der Waals surface area contributed by atoms with Crippen molar-refractivity contribution >= 4 is 5.91 Å². The molecular formula is C12H20N4O. The fourth-order valence-corrected chi connectivity index (χ4v) is 2.45. The van der Waals surface area contributed by atoms with Crippen LogP contribution in [0, 0.1) is 0 Å². The number of nitrogens with one attached hydrogen (secondary N) is 2. The van der Waals surface area contributed by atoms with Crippen LogP contribution < -0.4 is 10.6 Å². The molecule has 0 bridgehead atoms. The topological polar surface area (TPSA) is 59.0 Å². The maximum absolute atomic E-state index is 11.7. The minimum Gasteiger partial charge on any atom is -0.357 e. The number of rotatable bonds is 3. The molecule has 0 radical (unpaired) electrons. The highest BCUT2D eigenvalue weighted by Crippen LogP contribution is 2.31. The lowest BCUT2D eigenvalue weighted by Gasteiger charge is -2.26. The number of imidazole rings is 1. The monoisotopic (exact) mass is 236 g/mol. The SMILES string of the molecule is CNC(=O)C(C)n1cncc1C1(C)CCNC1. The summed E-state index contributed by atoms with van der Waals surface area (Å²) in [6, 6.07) is -0.213. The second-order valence-corrected chi connectivity index (χ2v) is 4.96. The van der Waals surface area contributed by atoms with E-state index in [9.17, 15) is 4.79 Å². The Hall–Kier alpha value is -1.36. The van der Waals surface area contributed by atoms with E-state index in [-0.39, 0.29) is 17.4 Å².